The van der Waals surface area contributed by atoms with Gasteiger partial charge in [0.25, 0.3) is 0 Å². The van der Waals surface area contributed by atoms with Crippen LogP contribution in [0.15, 0.2) is 35.0 Å². The van der Waals surface area contributed by atoms with Crippen molar-refractivity contribution in [3.63, 3.8) is 0 Å². The fraction of sp³-hybridized carbons (Fsp3) is 0.294. The molecule has 2 rings (SSSR count). The number of hydrogen-bond acceptors (Lipinski definition) is 6. The SMILES string of the molecule is COCCOc1cc2c(Cl)nc(/N=C(N)\C=C(\C)N)cc2cc1OC. The summed E-state index contributed by atoms with van der Waals surface area (Å²) in [5, 5.41) is 1.81. The number of nitrogens with two attached hydrogens (primary N) is 2. The van der Waals surface area contributed by atoms with Crippen molar-refractivity contribution in [3.8, 4) is 11.5 Å². The molecule has 1 aromatic heterocycles. The molecule has 0 aliphatic carbocycles. The van der Waals surface area contributed by atoms with Crippen LogP contribution in [0.4, 0.5) is 5.82 Å². The van der Waals surface area contributed by atoms with Crippen molar-refractivity contribution in [2.75, 3.05) is 27.4 Å². The molecule has 0 atom stereocenters. The summed E-state index contributed by atoms with van der Waals surface area (Å²) in [4.78, 5) is 8.45. The number of nitrogens with zero attached hydrogens (tertiary/aromatic N) is 2. The predicted octanol–water partition coefficient (Wildman–Crippen LogP) is 2.77. The average Bonchev–Trinajstić information content (AvgIpc) is 2.54. The zero-order valence-electron chi connectivity index (χ0n) is 14.4. The number of benzene rings is 1. The molecule has 0 unspecified atom stereocenters. The van der Waals surface area contributed by atoms with E-state index in [1.54, 1.807) is 39.4 Å². The highest BCUT2D eigenvalue weighted by Crippen LogP contribution is 2.36. The molecule has 2 aromatic rings. The number of aromatic nitrogens is 1. The summed E-state index contributed by atoms with van der Waals surface area (Å²) >= 11 is 6.30. The van der Waals surface area contributed by atoms with E-state index in [9.17, 15) is 0 Å². The third-order valence-corrected chi connectivity index (χ3v) is 3.51. The number of ether oxygens (including phenoxy) is 3. The Morgan fingerprint density at radius 2 is 1.96 bits per heavy atom. The standard InChI is InChI=1S/C17H21ClN4O3/c1-10(19)6-15(20)21-16-8-11-7-13(24-3)14(25-5-4-23-2)9-12(11)17(18)22-16/h6-9H,4-5,19H2,1-3H3,(H2,20,21,22)/b10-6-. The van der Waals surface area contributed by atoms with Gasteiger partial charge in [-0.25, -0.2) is 9.98 Å². The van der Waals surface area contributed by atoms with Gasteiger partial charge >= 0.3 is 0 Å². The Bertz CT molecular complexity index is 817. The van der Waals surface area contributed by atoms with Crippen LogP contribution in [0, 0.1) is 0 Å². The van der Waals surface area contributed by atoms with Gasteiger partial charge in [0.15, 0.2) is 17.3 Å². The molecule has 0 saturated carbocycles. The summed E-state index contributed by atoms with van der Waals surface area (Å²) in [6.07, 6.45) is 1.55. The van der Waals surface area contributed by atoms with E-state index in [-0.39, 0.29) is 11.0 Å². The quantitative estimate of drug-likeness (QED) is 0.339. The Morgan fingerprint density at radius 3 is 2.60 bits per heavy atom. The number of rotatable bonds is 7. The van der Waals surface area contributed by atoms with Gasteiger partial charge in [-0.15, -0.1) is 0 Å². The molecule has 4 N–H and O–H groups in total. The van der Waals surface area contributed by atoms with Gasteiger partial charge in [-0.05, 0) is 36.6 Å². The van der Waals surface area contributed by atoms with Gasteiger partial charge in [0.1, 0.15) is 17.6 Å². The van der Waals surface area contributed by atoms with Crippen molar-refractivity contribution in [2.24, 2.45) is 16.5 Å². The van der Waals surface area contributed by atoms with E-state index < -0.39 is 0 Å². The van der Waals surface area contributed by atoms with E-state index in [0.717, 1.165) is 10.8 Å². The highest BCUT2D eigenvalue weighted by Gasteiger charge is 2.11. The lowest BCUT2D eigenvalue weighted by atomic mass is 10.1. The van der Waals surface area contributed by atoms with Crippen LogP contribution in [-0.2, 0) is 4.74 Å². The van der Waals surface area contributed by atoms with E-state index >= 15 is 0 Å². The molecular formula is C17H21ClN4O3. The Morgan fingerprint density at radius 1 is 1.20 bits per heavy atom. The first kappa shape index (κ1) is 18.8. The maximum atomic E-state index is 6.30. The molecule has 0 spiro atoms. The van der Waals surface area contributed by atoms with Gasteiger partial charge in [0.05, 0.1) is 13.7 Å². The largest absolute Gasteiger partial charge is 0.493 e. The number of aliphatic imine (C=N–C) groups is 1. The maximum absolute atomic E-state index is 6.30. The monoisotopic (exact) mass is 364 g/mol. The summed E-state index contributed by atoms with van der Waals surface area (Å²) in [6, 6.07) is 5.35. The fourth-order valence-corrected chi connectivity index (χ4v) is 2.42. The van der Waals surface area contributed by atoms with Crippen molar-refractivity contribution < 1.29 is 14.2 Å². The molecule has 1 aromatic carbocycles. The number of hydrogen-bond donors (Lipinski definition) is 2. The lowest BCUT2D eigenvalue weighted by Crippen LogP contribution is -2.10. The van der Waals surface area contributed by atoms with Crippen LogP contribution >= 0.6 is 11.6 Å². The van der Waals surface area contributed by atoms with Crippen LogP contribution in [0.2, 0.25) is 5.15 Å². The fourth-order valence-electron chi connectivity index (χ4n) is 2.17. The number of methoxy groups -OCH3 is 2. The normalized spacial score (nSPS) is 12.5. The van der Waals surface area contributed by atoms with Crippen LogP contribution in [0.1, 0.15) is 6.92 Å². The van der Waals surface area contributed by atoms with Crippen molar-refractivity contribution in [2.45, 2.75) is 6.92 Å². The van der Waals surface area contributed by atoms with E-state index in [4.69, 9.17) is 37.3 Å². The van der Waals surface area contributed by atoms with Gasteiger partial charge < -0.3 is 25.7 Å². The zero-order valence-corrected chi connectivity index (χ0v) is 15.1. The Hall–Kier alpha value is -2.51. The summed E-state index contributed by atoms with van der Waals surface area (Å²) in [5.41, 5.74) is 11.9. The second-order valence-electron chi connectivity index (χ2n) is 5.26. The van der Waals surface area contributed by atoms with E-state index in [0.29, 0.717) is 36.2 Å². The molecule has 7 nitrogen and oxygen atoms in total. The molecule has 0 saturated heterocycles. The summed E-state index contributed by atoms with van der Waals surface area (Å²) < 4.78 is 16.0. The first-order valence-corrected chi connectivity index (χ1v) is 7.90. The highest BCUT2D eigenvalue weighted by molar-refractivity contribution is 6.34. The van der Waals surface area contributed by atoms with Crippen LogP contribution in [-0.4, -0.2) is 38.3 Å². The van der Waals surface area contributed by atoms with Gasteiger partial charge in [0.2, 0.25) is 0 Å². The molecule has 0 amide bonds. The van der Waals surface area contributed by atoms with Gasteiger partial charge in [-0.1, -0.05) is 11.6 Å². The topological polar surface area (TPSA) is 105 Å². The van der Waals surface area contributed by atoms with Crippen LogP contribution in [0.3, 0.4) is 0 Å². The van der Waals surface area contributed by atoms with Crippen molar-refractivity contribution >= 4 is 34.0 Å². The number of pyridine rings is 1. The second-order valence-corrected chi connectivity index (χ2v) is 5.62. The molecule has 0 radical (unpaired) electrons. The molecule has 0 fully saturated rings. The summed E-state index contributed by atoms with van der Waals surface area (Å²) in [7, 11) is 3.18. The van der Waals surface area contributed by atoms with Gasteiger partial charge in [-0.2, -0.15) is 0 Å². The smallest absolute Gasteiger partial charge is 0.162 e. The minimum Gasteiger partial charge on any atom is -0.493 e. The first-order valence-electron chi connectivity index (χ1n) is 7.52. The van der Waals surface area contributed by atoms with Crippen LogP contribution in [0.25, 0.3) is 10.8 Å². The van der Waals surface area contributed by atoms with Crippen LogP contribution in [0.5, 0.6) is 11.5 Å². The Labute approximate surface area is 151 Å². The molecule has 8 heteroatoms. The molecule has 0 bridgehead atoms. The number of halogens is 1. The summed E-state index contributed by atoms with van der Waals surface area (Å²) in [5.74, 6) is 1.76. The minimum atomic E-state index is 0.245. The van der Waals surface area contributed by atoms with E-state index in [2.05, 4.69) is 9.98 Å². The third-order valence-electron chi connectivity index (χ3n) is 3.22. The lowest BCUT2D eigenvalue weighted by molar-refractivity contribution is 0.144. The number of amidine groups is 1. The van der Waals surface area contributed by atoms with E-state index in [1.165, 1.54) is 0 Å². The van der Waals surface area contributed by atoms with Crippen molar-refractivity contribution in [3.05, 3.63) is 35.1 Å². The van der Waals surface area contributed by atoms with Gasteiger partial charge in [0, 0.05) is 18.2 Å². The molecule has 0 aliphatic rings. The second kappa shape index (κ2) is 8.55. The predicted molar refractivity (Wildman–Crippen MR) is 99.9 cm³/mol. The first-order chi connectivity index (χ1) is 11.9. The molecule has 25 heavy (non-hydrogen) atoms. The molecular weight excluding hydrogens is 344 g/mol. The maximum Gasteiger partial charge on any atom is 0.162 e. The van der Waals surface area contributed by atoms with Crippen LogP contribution < -0.4 is 20.9 Å². The van der Waals surface area contributed by atoms with Crippen molar-refractivity contribution in [1.29, 1.82) is 0 Å². The number of fused-ring (bicyclic) bond motifs is 1. The third kappa shape index (κ3) is 4.98. The summed E-state index contributed by atoms with van der Waals surface area (Å²) in [6.45, 7) is 2.58. The van der Waals surface area contributed by atoms with Gasteiger partial charge in [-0.3, -0.25) is 0 Å². The number of allylic oxidation sites excluding steroid dienone is 1. The molecule has 0 aliphatic heterocycles. The lowest BCUT2D eigenvalue weighted by Gasteiger charge is -2.12. The zero-order chi connectivity index (χ0) is 18.4. The molecule has 1 heterocycles. The Balaban J connectivity index is 2.46. The highest BCUT2D eigenvalue weighted by atomic mass is 35.5. The molecule has 134 valence electrons. The average molecular weight is 365 g/mol. The minimum absolute atomic E-state index is 0.245. The van der Waals surface area contributed by atoms with Crippen molar-refractivity contribution in [1.82, 2.24) is 4.98 Å². The Kier molecular flexibility index (Phi) is 6.44. The van der Waals surface area contributed by atoms with E-state index in [1.807, 2.05) is 6.07 Å².